The molecule has 1 aromatic heterocycles. The first-order valence-electron chi connectivity index (χ1n) is 6.87. The second-order valence-corrected chi connectivity index (χ2v) is 5.53. The molecule has 0 saturated carbocycles. The molecule has 1 heterocycles. The lowest BCUT2D eigenvalue weighted by Crippen LogP contribution is -2.33. The van der Waals surface area contributed by atoms with E-state index in [9.17, 15) is 14.7 Å². The molecule has 0 aliphatic carbocycles. The predicted molar refractivity (Wildman–Crippen MR) is 81.8 cm³/mol. The maximum atomic E-state index is 12.1. The number of nitrogens with one attached hydrogen (secondary N) is 1. The summed E-state index contributed by atoms with van der Waals surface area (Å²) in [7, 11) is 0. The van der Waals surface area contributed by atoms with Crippen molar-refractivity contribution in [3.63, 3.8) is 0 Å². The van der Waals surface area contributed by atoms with Crippen LogP contribution in [0.1, 0.15) is 34.6 Å². The molecule has 0 spiro atoms. The minimum absolute atomic E-state index is 0.287. The number of thiophene rings is 1. The molecule has 6 heteroatoms. The SMILES string of the molecule is CCOc1ccc(C(CC(=O)[O-])NC(=O)c2cccs2)cc1. The maximum Gasteiger partial charge on any atom is 0.261 e. The van der Waals surface area contributed by atoms with Gasteiger partial charge in [-0.2, -0.15) is 0 Å². The highest BCUT2D eigenvalue weighted by atomic mass is 32.1. The lowest BCUT2D eigenvalue weighted by Gasteiger charge is -2.19. The number of carbonyl (C=O) groups is 2. The van der Waals surface area contributed by atoms with Gasteiger partial charge >= 0.3 is 0 Å². The molecule has 0 aliphatic rings. The molecule has 2 aromatic rings. The minimum atomic E-state index is -1.22. The van der Waals surface area contributed by atoms with Gasteiger partial charge in [-0.05, 0) is 36.1 Å². The fourth-order valence-electron chi connectivity index (χ4n) is 2.02. The number of carboxylic acids is 1. The molecule has 5 nitrogen and oxygen atoms in total. The zero-order chi connectivity index (χ0) is 15.9. The largest absolute Gasteiger partial charge is 0.550 e. The molecule has 2 rings (SSSR count). The fraction of sp³-hybridized carbons (Fsp3) is 0.250. The van der Waals surface area contributed by atoms with Crippen LogP contribution in [0, 0.1) is 0 Å². The Bertz CT molecular complexity index is 622. The van der Waals surface area contributed by atoms with Crippen molar-refractivity contribution in [1.29, 1.82) is 0 Å². The van der Waals surface area contributed by atoms with E-state index in [1.807, 2.05) is 6.92 Å². The first kappa shape index (κ1) is 16.0. The Labute approximate surface area is 132 Å². The van der Waals surface area contributed by atoms with E-state index in [1.54, 1.807) is 41.8 Å². The molecule has 1 N–H and O–H groups in total. The summed E-state index contributed by atoms with van der Waals surface area (Å²) in [5.41, 5.74) is 0.692. The lowest BCUT2D eigenvalue weighted by atomic mass is 10.0. The number of carbonyl (C=O) groups excluding carboxylic acids is 2. The highest BCUT2D eigenvalue weighted by molar-refractivity contribution is 7.12. The van der Waals surface area contributed by atoms with Gasteiger partial charge in [-0.25, -0.2) is 0 Å². The van der Waals surface area contributed by atoms with E-state index in [2.05, 4.69) is 5.32 Å². The predicted octanol–water partition coefficient (Wildman–Crippen LogP) is 1.76. The van der Waals surface area contributed by atoms with Crippen LogP contribution in [0.15, 0.2) is 41.8 Å². The van der Waals surface area contributed by atoms with Gasteiger partial charge < -0.3 is 20.0 Å². The Balaban J connectivity index is 2.14. The van der Waals surface area contributed by atoms with Gasteiger partial charge in [0.05, 0.1) is 17.5 Å². The van der Waals surface area contributed by atoms with E-state index in [-0.39, 0.29) is 12.3 Å². The number of rotatable bonds is 7. The molecule has 0 radical (unpaired) electrons. The van der Waals surface area contributed by atoms with Crippen LogP contribution in [0.2, 0.25) is 0 Å². The summed E-state index contributed by atoms with van der Waals surface area (Å²) in [4.78, 5) is 23.6. The average molecular weight is 318 g/mol. The molecular weight excluding hydrogens is 302 g/mol. The molecule has 1 unspecified atom stereocenters. The molecule has 22 heavy (non-hydrogen) atoms. The highest BCUT2D eigenvalue weighted by Gasteiger charge is 2.17. The summed E-state index contributed by atoms with van der Waals surface area (Å²) in [5, 5.41) is 15.5. The van der Waals surface area contributed by atoms with E-state index >= 15 is 0 Å². The zero-order valence-corrected chi connectivity index (χ0v) is 12.9. The maximum absolute atomic E-state index is 12.1. The standard InChI is InChI=1S/C16H17NO4S/c1-2-21-12-7-5-11(6-8-12)13(10-15(18)19)17-16(20)14-4-3-9-22-14/h3-9,13H,2,10H2,1H3,(H,17,20)(H,18,19)/p-1. The number of hydrogen-bond acceptors (Lipinski definition) is 5. The Morgan fingerprint density at radius 3 is 2.55 bits per heavy atom. The van der Waals surface area contributed by atoms with Crippen molar-refractivity contribution in [2.24, 2.45) is 0 Å². The van der Waals surface area contributed by atoms with Crippen molar-refractivity contribution in [3.05, 3.63) is 52.2 Å². The number of benzene rings is 1. The van der Waals surface area contributed by atoms with Gasteiger partial charge in [-0.15, -0.1) is 11.3 Å². The topological polar surface area (TPSA) is 78.5 Å². The summed E-state index contributed by atoms with van der Waals surface area (Å²) < 4.78 is 5.35. The first-order valence-corrected chi connectivity index (χ1v) is 7.75. The van der Waals surface area contributed by atoms with Gasteiger partial charge in [0.2, 0.25) is 0 Å². The molecular formula is C16H16NO4S-. The van der Waals surface area contributed by atoms with Crippen LogP contribution in [0.5, 0.6) is 5.75 Å². The van der Waals surface area contributed by atoms with Crippen LogP contribution >= 0.6 is 11.3 Å². The number of ether oxygens (including phenoxy) is 1. The minimum Gasteiger partial charge on any atom is -0.550 e. The first-order chi connectivity index (χ1) is 10.6. The van der Waals surface area contributed by atoms with Crippen molar-refractivity contribution in [2.45, 2.75) is 19.4 Å². The molecule has 0 bridgehead atoms. The Hall–Kier alpha value is -2.34. The van der Waals surface area contributed by atoms with E-state index in [1.165, 1.54) is 11.3 Å². The van der Waals surface area contributed by atoms with Crippen LogP contribution in [0.3, 0.4) is 0 Å². The van der Waals surface area contributed by atoms with Crippen molar-refractivity contribution in [1.82, 2.24) is 5.32 Å². The summed E-state index contributed by atoms with van der Waals surface area (Å²) in [6.45, 7) is 2.44. The van der Waals surface area contributed by atoms with Gasteiger partial charge in [-0.1, -0.05) is 18.2 Å². The van der Waals surface area contributed by atoms with Crippen molar-refractivity contribution >= 4 is 23.2 Å². The third-order valence-electron chi connectivity index (χ3n) is 3.01. The number of hydrogen-bond donors (Lipinski definition) is 1. The Morgan fingerprint density at radius 2 is 2.00 bits per heavy atom. The van der Waals surface area contributed by atoms with E-state index in [0.717, 1.165) is 0 Å². The molecule has 1 aromatic carbocycles. The molecule has 0 aliphatic heterocycles. The second-order valence-electron chi connectivity index (χ2n) is 4.58. The molecule has 1 amide bonds. The number of carboxylic acid groups (broad SMARTS) is 1. The second kappa shape index (κ2) is 7.61. The van der Waals surface area contributed by atoms with Crippen LogP contribution in [0.4, 0.5) is 0 Å². The molecule has 0 fully saturated rings. The molecule has 1 atom stereocenters. The Kier molecular flexibility index (Phi) is 5.55. The van der Waals surface area contributed by atoms with Crippen LogP contribution in [0.25, 0.3) is 0 Å². The molecule has 0 saturated heterocycles. The van der Waals surface area contributed by atoms with E-state index in [4.69, 9.17) is 4.74 Å². The summed E-state index contributed by atoms with van der Waals surface area (Å²) in [6, 6.07) is 9.80. The summed E-state index contributed by atoms with van der Waals surface area (Å²) in [5.74, 6) is -0.816. The van der Waals surface area contributed by atoms with Crippen molar-refractivity contribution < 1.29 is 19.4 Å². The quantitative estimate of drug-likeness (QED) is 0.844. The smallest absolute Gasteiger partial charge is 0.261 e. The summed E-state index contributed by atoms with van der Waals surface area (Å²) >= 11 is 1.30. The van der Waals surface area contributed by atoms with E-state index in [0.29, 0.717) is 22.8 Å². The zero-order valence-electron chi connectivity index (χ0n) is 12.1. The van der Waals surface area contributed by atoms with E-state index < -0.39 is 12.0 Å². The van der Waals surface area contributed by atoms with Gasteiger partial charge in [0, 0.05) is 12.4 Å². The highest BCUT2D eigenvalue weighted by Crippen LogP contribution is 2.21. The number of amides is 1. The Morgan fingerprint density at radius 1 is 1.27 bits per heavy atom. The summed E-state index contributed by atoms with van der Waals surface area (Å²) in [6.07, 6.45) is -0.287. The van der Waals surface area contributed by atoms with Crippen LogP contribution in [-0.2, 0) is 4.79 Å². The van der Waals surface area contributed by atoms with Crippen LogP contribution < -0.4 is 15.2 Å². The van der Waals surface area contributed by atoms with Gasteiger partial charge in [0.25, 0.3) is 5.91 Å². The third kappa shape index (κ3) is 4.33. The fourth-order valence-corrected chi connectivity index (χ4v) is 2.65. The monoisotopic (exact) mass is 318 g/mol. The van der Waals surface area contributed by atoms with Crippen molar-refractivity contribution in [3.8, 4) is 5.75 Å². The van der Waals surface area contributed by atoms with Crippen molar-refractivity contribution in [2.75, 3.05) is 6.61 Å². The lowest BCUT2D eigenvalue weighted by molar-refractivity contribution is -0.306. The number of aliphatic carboxylic acids is 1. The third-order valence-corrected chi connectivity index (χ3v) is 3.88. The molecule has 116 valence electrons. The van der Waals surface area contributed by atoms with Gasteiger partial charge in [0.1, 0.15) is 5.75 Å². The average Bonchev–Trinajstić information content (AvgIpc) is 3.01. The van der Waals surface area contributed by atoms with Gasteiger partial charge in [-0.3, -0.25) is 4.79 Å². The van der Waals surface area contributed by atoms with Gasteiger partial charge in [0.15, 0.2) is 0 Å². The van der Waals surface area contributed by atoms with Crippen LogP contribution in [-0.4, -0.2) is 18.5 Å². The normalized spacial score (nSPS) is 11.7.